The summed E-state index contributed by atoms with van der Waals surface area (Å²) in [6, 6.07) is 8.92. The predicted octanol–water partition coefficient (Wildman–Crippen LogP) is 1.68. The molecule has 2 aliphatic rings. The van der Waals surface area contributed by atoms with Gasteiger partial charge in [0.25, 0.3) is 17.4 Å². The molecule has 0 saturated carbocycles. The number of aryl methyl sites for hydroxylation is 1. The Bertz CT molecular complexity index is 1110. The Labute approximate surface area is 174 Å². The number of piperidine rings is 1. The van der Waals surface area contributed by atoms with Crippen molar-refractivity contribution in [2.75, 3.05) is 20.2 Å². The zero-order valence-electron chi connectivity index (χ0n) is 17.3. The lowest BCUT2D eigenvalue weighted by Gasteiger charge is -2.35. The second-order valence-electron chi connectivity index (χ2n) is 7.70. The number of carbonyl (C=O) groups excluding carboxylic acids is 2. The lowest BCUT2D eigenvalue weighted by Crippen LogP contribution is -2.51. The fourth-order valence-electron chi connectivity index (χ4n) is 4.16. The van der Waals surface area contributed by atoms with Crippen LogP contribution in [0.25, 0.3) is 5.69 Å². The van der Waals surface area contributed by atoms with E-state index in [1.54, 1.807) is 43.1 Å². The number of para-hydroxylation sites is 2. The number of amidine groups is 1. The van der Waals surface area contributed by atoms with E-state index in [4.69, 9.17) is 4.74 Å². The number of pyridine rings is 1. The Morgan fingerprint density at radius 3 is 2.47 bits per heavy atom. The first-order chi connectivity index (χ1) is 14.4. The molecule has 8 nitrogen and oxygen atoms in total. The number of nitrogens with one attached hydrogen (secondary N) is 1. The van der Waals surface area contributed by atoms with Crippen LogP contribution in [0.15, 0.2) is 46.3 Å². The molecule has 30 heavy (non-hydrogen) atoms. The summed E-state index contributed by atoms with van der Waals surface area (Å²) >= 11 is 0. The minimum atomic E-state index is -0.787. The predicted molar refractivity (Wildman–Crippen MR) is 112 cm³/mol. The maximum atomic E-state index is 13.3. The highest BCUT2D eigenvalue weighted by Crippen LogP contribution is 2.30. The zero-order chi connectivity index (χ0) is 21.5. The van der Waals surface area contributed by atoms with Crippen LogP contribution >= 0.6 is 0 Å². The molecule has 8 heteroatoms. The van der Waals surface area contributed by atoms with Crippen LogP contribution in [0.2, 0.25) is 0 Å². The van der Waals surface area contributed by atoms with Gasteiger partial charge in [-0.25, -0.2) is 0 Å². The van der Waals surface area contributed by atoms with Crippen LogP contribution in [0, 0.1) is 6.92 Å². The molecule has 1 spiro atoms. The Hall–Kier alpha value is -3.42. The highest BCUT2D eigenvalue weighted by Gasteiger charge is 2.45. The lowest BCUT2D eigenvalue weighted by atomic mass is 9.87. The number of ether oxygens (including phenoxy) is 1. The van der Waals surface area contributed by atoms with Gasteiger partial charge in [-0.15, -0.1) is 0 Å². The van der Waals surface area contributed by atoms with Gasteiger partial charge in [-0.2, -0.15) is 0 Å². The van der Waals surface area contributed by atoms with Crippen LogP contribution in [0.5, 0.6) is 5.75 Å². The summed E-state index contributed by atoms with van der Waals surface area (Å²) < 4.78 is 6.80. The van der Waals surface area contributed by atoms with Gasteiger partial charge in [0, 0.05) is 19.3 Å². The Balaban J connectivity index is 1.64. The minimum absolute atomic E-state index is 0.110. The van der Waals surface area contributed by atoms with Crippen molar-refractivity contribution in [2.45, 2.75) is 32.2 Å². The van der Waals surface area contributed by atoms with Crippen molar-refractivity contribution in [1.82, 2.24) is 14.8 Å². The molecule has 1 N–H and O–H groups in total. The maximum Gasteiger partial charge on any atom is 0.268 e. The van der Waals surface area contributed by atoms with Gasteiger partial charge in [-0.1, -0.05) is 12.1 Å². The summed E-state index contributed by atoms with van der Waals surface area (Å²) in [5.41, 5.74) is 0.143. The third-order valence-electron chi connectivity index (χ3n) is 5.84. The van der Waals surface area contributed by atoms with Crippen molar-refractivity contribution >= 4 is 17.6 Å². The van der Waals surface area contributed by atoms with Crippen molar-refractivity contribution < 1.29 is 14.3 Å². The number of amides is 2. The average molecular weight is 408 g/mol. The van der Waals surface area contributed by atoms with Crippen LogP contribution < -0.4 is 15.6 Å². The van der Waals surface area contributed by atoms with Gasteiger partial charge in [-0.05, 0) is 50.5 Å². The van der Waals surface area contributed by atoms with E-state index < -0.39 is 11.1 Å². The number of carbonyl (C=O) groups is 2. The van der Waals surface area contributed by atoms with E-state index in [2.05, 4.69) is 10.3 Å². The number of hydrogen-bond donors (Lipinski definition) is 1. The van der Waals surface area contributed by atoms with E-state index in [9.17, 15) is 14.4 Å². The molecule has 2 amide bonds. The van der Waals surface area contributed by atoms with Crippen LogP contribution in [-0.2, 0) is 4.79 Å². The molecule has 1 fully saturated rings. The van der Waals surface area contributed by atoms with Crippen molar-refractivity contribution in [3.63, 3.8) is 0 Å². The number of methoxy groups -OCH3 is 1. The molecule has 156 valence electrons. The lowest BCUT2D eigenvalue weighted by molar-refractivity contribution is -0.125. The largest absolute Gasteiger partial charge is 0.495 e. The highest BCUT2D eigenvalue weighted by molar-refractivity contribution is 6.07. The first-order valence-electron chi connectivity index (χ1n) is 9.89. The molecule has 0 radical (unpaired) electrons. The molecule has 2 aliphatic heterocycles. The monoisotopic (exact) mass is 408 g/mol. The van der Waals surface area contributed by atoms with Crippen LogP contribution in [0.3, 0.4) is 0 Å². The van der Waals surface area contributed by atoms with E-state index in [1.807, 2.05) is 12.1 Å². The van der Waals surface area contributed by atoms with Crippen molar-refractivity contribution in [3.8, 4) is 11.4 Å². The molecule has 1 saturated heterocycles. The van der Waals surface area contributed by atoms with Crippen LogP contribution in [0.4, 0.5) is 0 Å². The summed E-state index contributed by atoms with van der Waals surface area (Å²) in [7, 11) is 1.54. The van der Waals surface area contributed by atoms with Gasteiger partial charge in [-0.3, -0.25) is 23.9 Å². The molecule has 4 rings (SSSR count). The third-order valence-corrected chi connectivity index (χ3v) is 5.84. The van der Waals surface area contributed by atoms with Crippen molar-refractivity contribution in [2.24, 2.45) is 4.99 Å². The maximum absolute atomic E-state index is 13.3. The molecular formula is C22H24N4O4. The van der Waals surface area contributed by atoms with Gasteiger partial charge in [0.1, 0.15) is 22.7 Å². The topological polar surface area (TPSA) is 93.0 Å². The minimum Gasteiger partial charge on any atom is -0.495 e. The Kier molecular flexibility index (Phi) is 4.93. The number of aromatic nitrogens is 1. The number of hydrogen-bond acceptors (Lipinski definition) is 5. The van der Waals surface area contributed by atoms with Gasteiger partial charge in [0.15, 0.2) is 0 Å². The standard InChI is InChI=1S/C22H24N4O4/c1-14-8-11-26(16-6-4-5-7-17(16)30-3)20(28)18(14)19(27)25-12-9-22(10-13-25)21(29)23-15(2)24-22/h4-8,11H,9-10,12-13H2,1-3H3,(H,23,24,29). The molecule has 1 aromatic heterocycles. The number of aliphatic imine (C=N–C) groups is 1. The summed E-state index contributed by atoms with van der Waals surface area (Å²) in [5.74, 6) is 0.720. The van der Waals surface area contributed by atoms with Gasteiger partial charge in [0.05, 0.1) is 12.8 Å². The van der Waals surface area contributed by atoms with Gasteiger partial charge >= 0.3 is 0 Å². The van der Waals surface area contributed by atoms with E-state index in [1.165, 1.54) is 11.7 Å². The SMILES string of the molecule is COc1ccccc1-n1ccc(C)c(C(=O)N2CCC3(CC2)N=C(C)NC3=O)c1=O. The zero-order valence-corrected chi connectivity index (χ0v) is 17.3. The first kappa shape index (κ1) is 19.9. The van der Waals surface area contributed by atoms with E-state index >= 15 is 0 Å². The quantitative estimate of drug-likeness (QED) is 0.836. The van der Waals surface area contributed by atoms with E-state index in [0.29, 0.717) is 48.8 Å². The van der Waals surface area contributed by atoms with E-state index in [-0.39, 0.29) is 17.4 Å². The molecule has 0 bridgehead atoms. The summed E-state index contributed by atoms with van der Waals surface area (Å²) in [6.45, 7) is 4.25. The second-order valence-corrected chi connectivity index (χ2v) is 7.70. The van der Waals surface area contributed by atoms with Gasteiger partial charge in [0.2, 0.25) is 0 Å². The normalized spacial score (nSPS) is 17.6. The van der Waals surface area contributed by atoms with Crippen molar-refractivity contribution in [1.29, 1.82) is 0 Å². The fourth-order valence-corrected chi connectivity index (χ4v) is 4.16. The number of rotatable bonds is 3. The second kappa shape index (κ2) is 7.44. The van der Waals surface area contributed by atoms with Crippen LogP contribution in [0.1, 0.15) is 35.7 Å². The number of nitrogens with zero attached hydrogens (tertiary/aromatic N) is 3. The fraction of sp³-hybridized carbons (Fsp3) is 0.364. The smallest absolute Gasteiger partial charge is 0.268 e. The molecule has 0 aliphatic carbocycles. The summed E-state index contributed by atoms with van der Waals surface area (Å²) in [4.78, 5) is 44.9. The first-order valence-corrected chi connectivity index (χ1v) is 9.89. The summed E-state index contributed by atoms with van der Waals surface area (Å²) in [5, 5.41) is 2.75. The molecular weight excluding hydrogens is 384 g/mol. The molecule has 1 aromatic carbocycles. The van der Waals surface area contributed by atoms with Crippen molar-refractivity contribution in [3.05, 3.63) is 58.0 Å². The Morgan fingerprint density at radius 2 is 1.83 bits per heavy atom. The average Bonchev–Trinajstić information content (AvgIpc) is 3.01. The summed E-state index contributed by atoms with van der Waals surface area (Å²) in [6.07, 6.45) is 2.53. The third kappa shape index (κ3) is 3.18. The van der Waals surface area contributed by atoms with E-state index in [0.717, 1.165) is 0 Å². The number of likely N-dealkylation sites (tertiary alicyclic amines) is 1. The van der Waals surface area contributed by atoms with Crippen LogP contribution in [-0.4, -0.2) is 52.9 Å². The Morgan fingerprint density at radius 1 is 1.13 bits per heavy atom. The molecule has 0 atom stereocenters. The van der Waals surface area contributed by atoms with Gasteiger partial charge < -0.3 is 15.0 Å². The number of benzene rings is 1. The highest BCUT2D eigenvalue weighted by atomic mass is 16.5. The molecule has 0 unspecified atom stereocenters. The molecule has 2 aromatic rings. The molecule has 3 heterocycles.